The Kier molecular flexibility index (Phi) is 2.76. The molecule has 0 radical (unpaired) electrons. The first-order valence-electron chi connectivity index (χ1n) is 4.24. The maximum Gasteiger partial charge on any atom is 0.137 e. The van der Waals surface area contributed by atoms with Crippen LogP contribution in [0.1, 0.15) is 20.8 Å². The van der Waals surface area contributed by atoms with Crippen LogP contribution < -0.4 is 0 Å². The monoisotopic (exact) mass is 174 g/mol. The topological polar surface area (TPSA) is 27.7 Å². The molecule has 0 N–H and O–H groups in total. The third-order valence-electron chi connectivity index (χ3n) is 1.93. The van der Waals surface area contributed by atoms with Gasteiger partial charge < -0.3 is 14.2 Å². The van der Waals surface area contributed by atoms with E-state index in [0.29, 0.717) is 19.8 Å². The molecule has 1 aliphatic rings. The van der Waals surface area contributed by atoms with Crippen LogP contribution in [0.2, 0.25) is 0 Å². The average molecular weight is 174 g/mol. The SMILES string of the molecule is COC1(COC(C)(C)C)COC1. The Morgan fingerprint density at radius 3 is 2.17 bits per heavy atom. The van der Waals surface area contributed by atoms with Crippen molar-refractivity contribution in [3.8, 4) is 0 Å². The van der Waals surface area contributed by atoms with Gasteiger partial charge in [0.05, 0.1) is 25.4 Å². The molecule has 3 nitrogen and oxygen atoms in total. The van der Waals surface area contributed by atoms with Gasteiger partial charge in [-0.2, -0.15) is 0 Å². The molecule has 12 heavy (non-hydrogen) atoms. The molecular weight excluding hydrogens is 156 g/mol. The third kappa shape index (κ3) is 2.44. The van der Waals surface area contributed by atoms with Crippen molar-refractivity contribution in [2.75, 3.05) is 26.9 Å². The molecule has 0 unspecified atom stereocenters. The summed E-state index contributed by atoms with van der Waals surface area (Å²) < 4.78 is 16.0. The molecule has 1 heterocycles. The molecule has 72 valence electrons. The highest BCUT2D eigenvalue weighted by atomic mass is 16.6. The normalized spacial score (nSPS) is 22.0. The molecule has 0 aromatic rings. The minimum absolute atomic E-state index is 0.0961. The van der Waals surface area contributed by atoms with Crippen LogP contribution in [0.4, 0.5) is 0 Å². The van der Waals surface area contributed by atoms with Gasteiger partial charge in [0, 0.05) is 7.11 Å². The highest BCUT2D eigenvalue weighted by molar-refractivity contribution is 4.87. The molecule has 0 aromatic carbocycles. The summed E-state index contributed by atoms with van der Waals surface area (Å²) in [4.78, 5) is 0. The van der Waals surface area contributed by atoms with E-state index in [4.69, 9.17) is 14.2 Å². The van der Waals surface area contributed by atoms with E-state index in [-0.39, 0.29) is 11.2 Å². The van der Waals surface area contributed by atoms with Gasteiger partial charge in [0.25, 0.3) is 0 Å². The van der Waals surface area contributed by atoms with Crippen molar-refractivity contribution in [1.82, 2.24) is 0 Å². The van der Waals surface area contributed by atoms with E-state index in [1.807, 2.05) is 20.8 Å². The van der Waals surface area contributed by atoms with Gasteiger partial charge in [0.2, 0.25) is 0 Å². The maximum atomic E-state index is 5.62. The van der Waals surface area contributed by atoms with E-state index < -0.39 is 0 Å². The lowest BCUT2D eigenvalue weighted by atomic mass is 10.0. The van der Waals surface area contributed by atoms with Crippen LogP contribution in [0, 0.1) is 0 Å². The van der Waals surface area contributed by atoms with Crippen LogP contribution in [-0.4, -0.2) is 38.1 Å². The summed E-state index contributed by atoms with van der Waals surface area (Å²) in [6, 6.07) is 0. The number of hydrogen-bond donors (Lipinski definition) is 0. The Morgan fingerprint density at radius 2 is 1.92 bits per heavy atom. The summed E-state index contributed by atoms with van der Waals surface area (Å²) in [7, 11) is 1.70. The number of ether oxygens (including phenoxy) is 3. The van der Waals surface area contributed by atoms with Gasteiger partial charge in [-0.3, -0.25) is 0 Å². The summed E-state index contributed by atoms with van der Waals surface area (Å²) in [5.41, 5.74) is -0.269. The minimum Gasteiger partial charge on any atom is -0.375 e. The first-order valence-corrected chi connectivity index (χ1v) is 4.24. The largest absolute Gasteiger partial charge is 0.375 e. The molecule has 0 aliphatic carbocycles. The fourth-order valence-electron chi connectivity index (χ4n) is 0.938. The molecule has 1 saturated heterocycles. The summed E-state index contributed by atoms with van der Waals surface area (Å²) in [5, 5.41) is 0. The Morgan fingerprint density at radius 1 is 1.33 bits per heavy atom. The second-order valence-corrected chi connectivity index (χ2v) is 4.28. The van der Waals surface area contributed by atoms with Crippen molar-refractivity contribution >= 4 is 0 Å². The summed E-state index contributed by atoms with van der Waals surface area (Å²) in [6.45, 7) is 8.04. The third-order valence-corrected chi connectivity index (χ3v) is 1.93. The molecule has 0 saturated carbocycles. The van der Waals surface area contributed by atoms with E-state index in [9.17, 15) is 0 Å². The highest BCUT2D eigenvalue weighted by Crippen LogP contribution is 2.23. The quantitative estimate of drug-likeness (QED) is 0.643. The van der Waals surface area contributed by atoms with Crippen LogP contribution in [0.3, 0.4) is 0 Å². The number of rotatable bonds is 3. The lowest BCUT2D eigenvalue weighted by molar-refractivity contribution is -0.232. The second-order valence-electron chi connectivity index (χ2n) is 4.28. The van der Waals surface area contributed by atoms with Gasteiger partial charge >= 0.3 is 0 Å². The minimum atomic E-state index is -0.173. The first kappa shape index (κ1) is 9.96. The predicted octanol–water partition coefficient (Wildman–Crippen LogP) is 1.22. The van der Waals surface area contributed by atoms with E-state index in [2.05, 4.69) is 0 Å². The van der Waals surface area contributed by atoms with Crippen LogP contribution in [-0.2, 0) is 14.2 Å². The van der Waals surface area contributed by atoms with Gasteiger partial charge in [-0.05, 0) is 20.8 Å². The highest BCUT2D eigenvalue weighted by Gasteiger charge is 2.40. The summed E-state index contributed by atoms with van der Waals surface area (Å²) >= 11 is 0. The van der Waals surface area contributed by atoms with Crippen molar-refractivity contribution in [1.29, 1.82) is 0 Å². The van der Waals surface area contributed by atoms with Crippen molar-refractivity contribution in [3.05, 3.63) is 0 Å². The van der Waals surface area contributed by atoms with E-state index in [1.165, 1.54) is 0 Å². The van der Waals surface area contributed by atoms with Crippen molar-refractivity contribution in [2.24, 2.45) is 0 Å². The summed E-state index contributed by atoms with van der Waals surface area (Å²) in [6.07, 6.45) is 0. The lowest BCUT2D eigenvalue weighted by Gasteiger charge is -2.41. The Bertz CT molecular complexity index is 139. The van der Waals surface area contributed by atoms with Crippen LogP contribution >= 0.6 is 0 Å². The zero-order valence-corrected chi connectivity index (χ0v) is 8.35. The molecule has 1 fully saturated rings. The fraction of sp³-hybridized carbons (Fsp3) is 1.00. The number of hydrogen-bond acceptors (Lipinski definition) is 3. The molecular formula is C9H18O3. The Balaban J connectivity index is 2.30. The van der Waals surface area contributed by atoms with Crippen LogP contribution in [0.5, 0.6) is 0 Å². The van der Waals surface area contributed by atoms with Gasteiger partial charge in [-0.1, -0.05) is 0 Å². The lowest BCUT2D eigenvalue weighted by Crippen LogP contribution is -2.55. The van der Waals surface area contributed by atoms with Gasteiger partial charge in [-0.25, -0.2) is 0 Å². The second kappa shape index (κ2) is 3.32. The predicted molar refractivity (Wildman–Crippen MR) is 46.3 cm³/mol. The molecule has 0 spiro atoms. The summed E-state index contributed by atoms with van der Waals surface area (Å²) in [5.74, 6) is 0. The molecule has 1 rings (SSSR count). The Labute approximate surface area is 74.0 Å². The first-order chi connectivity index (χ1) is 5.47. The average Bonchev–Trinajstić information content (AvgIpc) is 1.84. The number of methoxy groups -OCH3 is 1. The van der Waals surface area contributed by atoms with Crippen LogP contribution in [0.15, 0.2) is 0 Å². The molecule has 0 amide bonds. The van der Waals surface area contributed by atoms with Crippen molar-refractivity contribution in [2.45, 2.75) is 32.0 Å². The van der Waals surface area contributed by atoms with Crippen LogP contribution in [0.25, 0.3) is 0 Å². The molecule has 0 bridgehead atoms. The van der Waals surface area contributed by atoms with Gasteiger partial charge in [0.1, 0.15) is 5.60 Å². The van der Waals surface area contributed by atoms with E-state index in [0.717, 1.165) is 0 Å². The fourth-order valence-corrected chi connectivity index (χ4v) is 0.938. The van der Waals surface area contributed by atoms with E-state index in [1.54, 1.807) is 7.11 Å². The molecule has 1 aliphatic heterocycles. The van der Waals surface area contributed by atoms with Gasteiger partial charge in [-0.15, -0.1) is 0 Å². The zero-order valence-electron chi connectivity index (χ0n) is 8.35. The molecule has 3 heteroatoms. The molecule has 0 atom stereocenters. The van der Waals surface area contributed by atoms with Crippen molar-refractivity contribution < 1.29 is 14.2 Å². The van der Waals surface area contributed by atoms with E-state index >= 15 is 0 Å². The maximum absolute atomic E-state index is 5.62. The van der Waals surface area contributed by atoms with Crippen molar-refractivity contribution in [3.63, 3.8) is 0 Å². The van der Waals surface area contributed by atoms with Gasteiger partial charge in [0.15, 0.2) is 0 Å². The Hall–Kier alpha value is -0.120. The smallest absolute Gasteiger partial charge is 0.137 e. The standard InChI is InChI=1S/C9H18O3/c1-8(2,3)12-7-9(10-4)5-11-6-9/h5-7H2,1-4H3. The molecule has 0 aromatic heterocycles. The zero-order chi connectivity index (χ0) is 9.24.